The van der Waals surface area contributed by atoms with E-state index in [2.05, 4.69) is 15.3 Å². The van der Waals surface area contributed by atoms with Gasteiger partial charge in [0, 0.05) is 46.4 Å². The Balaban J connectivity index is 1.88. The number of hydrogen-bond donors (Lipinski definition) is 2. The van der Waals surface area contributed by atoms with E-state index < -0.39 is 0 Å². The fraction of sp³-hybridized carbons (Fsp3) is 0.643. The number of carbonyl (C=O) groups excluding carboxylic acids is 1. The van der Waals surface area contributed by atoms with Crippen LogP contribution in [0.1, 0.15) is 16.9 Å². The van der Waals surface area contributed by atoms with Crippen molar-refractivity contribution in [3.8, 4) is 0 Å². The number of carbonyl (C=O) groups is 1. The summed E-state index contributed by atoms with van der Waals surface area (Å²) in [6.07, 6.45) is 3.94. The maximum atomic E-state index is 12.0. The summed E-state index contributed by atoms with van der Waals surface area (Å²) >= 11 is 0. The highest BCUT2D eigenvalue weighted by atomic mass is 16.5. The van der Waals surface area contributed by atoms with E-state index in [1.165, 1.54) is 6.20 Å². The van der Waals surface area contributed by atoms with E-state index in [1.807, 2.05) is 19.0 Å². The van der Waals surface area contributed by atoms with Gasteiger partial charge in [-0.2, -0.15) is 0 Å². The third-order valence-electron chi connectivity index (χ3n) is 3.72. The molecular formula is C14H22N4O3. The van der Waals surface area contributed by atoms with Gasteiger partial charge in [-0.3, -0.25) is 4.79 Å². The van der Waals surface area contributed by atoms with Crippen LogP contribution >= 0.6 is 0 Å². The molecular weight excluding hydrogens is 272 g/mol. The molecule has 0 spiro atoms. The molecule has 1 amide bonds. The zero-order chi connectivity index (χ0) is 15.2. The highest BCUT2D eigenvalue weighted by Crippen LogP contribution is 2.21. The minimum absolute atomic E-state index is 0.0189. The van der Waals surface area contributed by atoms with Crippen molar-refractivity contribution in [1.82, 2.24) is 15.3 Å². The molecule has 0 saturated carbocycles. The molecule has 2 heterocycles. The standard InChI is InChI=1S/C14H22N4O3/c1-18(2)13-7-15-12(6-16-13)14(20)17-5-11(8-19)10-3-4-21-9-10/h6-7,10-11,19H,3-5,8-9H2,1-2H3,(H,17,20). The zero-order valence-corrected chi connectivity index (χ0v) is 12.5. The van der Waals surface area contributed by atoms with Gasteiger partial charge in [0.25, 0.3) is 5.91 Å². The first-order valence-corrected chi connectivity index (χ1v) is 7.08. The topological polar surface area (TPSA) is 87.6 Å². The van der Waals surface area contributed by atoms with Gasteiger partial charge in [-0.05, 0) is 12.3 Å². The van der Waals surface area contributed by atoms with E-state index in [-0.39, 0.29) is 24.1 Å². The number of nitrogens with one attached hydrogen (secondary N) is 1. The molecule has 2 N–H and O–H groups in total. The van der Waals surface area contributed by atoms with Crippen molar-refractivity contribution in [2.75, 3.05) is 45.4 Å². The number of hydrogen-bond acceptors (Lipinski definition) is 6. The van der Waals surface area contributed by atoms with E-state index >= 15 is 0 Å². The molecule has 0 aliphatic carbocycles. The molecule has 2 atom stereocenters. The lowest BCUT2D eigenvalue weighted by molar-refractivity contribution is 0.0912. The number of aliphatic hydroxyl groups is 1. The van der Waals surface area contributed by atoms with Gasteiger partial charge in [0.15, 0.2) is 0 Å². The molecule has 21 heavy (non-hydrogen) atoms. The zero-order valence-electron chi connectivity index (χ0n) is 12.5. The lowest BCUT2D eigenvalue weighted by Crippen LogP contribution is -2.35. The van der Waals surface area contributed by atoms with Gasteiger partial charge in [-0.25, -0.2) is 9.97 Å². The molecule has 1 aromatic heterocycles. The van der Waals surface area contributed by atoms with Gasteiger partial charge >= 0.3 is 0 Å². The van der Waals surface area contributed by atoms with Crippen molar-refractivity contribution < 1.29 is 14.6 Å². The molecule has 0 aromatic carbocycles. The summed E-state index contributed by atoms with van der Waals surface area (Å²) in [6.45, 7) is 1.84. The number of aromatic nitrogens is 2. The molecule has 1 aliphatic rings. The van der Waals surface area contributed by atoms with E-state index in [0.717, 1.165) is 13.0 Å². The van der Waals surface area contributed by atoms with Crippen LogP contribution in [0.3, 0.4) is 0 Å². The Kier molecular flexibility index (Phi) is 5.46. The fourth-order valence-corrected chi connectivity index (χ4v) is 2.29. The van der Waals surface area contributed by atoms with Crippen LogP contribution in [0.5, 0.6) is 0 Å². The van der Waals surface area contributed by atoms with Crippen molar-refractivity contribution in [1.29, 1.82) is 0 Å². The second-order valence-corrected chi connectivity index (χ2v) is 5.43. The van der Waals surface area contributed by atoms with Gasteiger partial charge in [0.2, 0.25) is 0 Å². The number of ether oxygens (including phenoxy) is 1. The monoisotopic (exact) mass is 294 g/mol. The molecule has 7 heteroatoms. The molecule has 0 radical (unpaired) electrons. The average molecular weight is 294 g/mol. The van der Waals surface area contributed by atoms with Crippen molar-refractivity contribution >= 4 is 11.7 Å². The Morgan fingerprint density at radius 2 is 2.33 bits per heavy atom. The summed E-state index contributed by atoms with van der Waals surface area (Å²) in [4.78, 5) is 22.1. The molecule has 1 fully saturated rings. The molecule has 2 unspecified atom stereocenters. The Morgan fingerprint density at radius 1 is 1.52 bits per heavy atom. The Bertz CT molecular complexity index is 458. The highest BCUT2D eigenvalue weighted by Gasteiger charge is 2.25. The molecule has 0 bridgehead atoms. The maximum absolute atomic E-state index is 12.0. The van der Waals surface area contributed by atoms with Crippen LogP contribution in [-0.2, 0) is 4.74 Å². The smallest absolute Gasteiger partial charge is 0.271 e. The largest absolute Gasteiger partial charge is 0.396 e. The van der Waals surface area contributed by atoms with Crippen LogP contribution in [0, 0.1) is 11.8 Å². The lowest BCUT2D eigenvalue weighted by atomic mass is 9.92. The SMILES string of the molecule is CN(C)c1cnc(C(=O)NCC(CO)C2CCOC2)cn1. The van der Waals surface area contributed by atoms with Crippen molar-refractivity contribution in [2.45, 2.75) is 6.42 Å². The first-order valence-electron chi connectivity index (χ1n) is 7.08. The van der Waals surface area contributed by atoms with Crippen molar-refractivity contribution in [3.05, 3.63) is 18.1 Å². The van der Waals surface area contributed by atoms with Gasteiger partial charge in [0.1, 0.15) is 11.5 Å². The van der Waals surface area contributed by atoms with Gasteiger partial charge in [-0.15, -0.1) is 0 Å². The summed E-state index contributed by atoms with van der Waals surface area (Å²) in [5.74, 6) is 0.746. The van der Waals surface area contributed by atoms with E-state index in [9.17, 15) is 9.90 Å². The Labute approximate surface area is 124 Å². The number of nitrogens with zero attached hydrogens (tertiary/aromatic N) is 3. The second kappa shape index (κ2) is 7.33. The highest BCUT2D eigenvalue weighted by molar-refractivity contribution is 5.92. The van der Waals surface area contributed by atoms with Crippen LogP contribution in [0.4, 0.5) is 5.82 Å². The summed E-state index contributed by atoms with van der Waals surface area (Å²) in [5, 5.41) is 12.2. The van der Waals surface area contributed by atoms with Crippen molar-refractivity contribution in [2.24, 2.45) is 11.8 Å². The number of anilines is 1. The summed E-state index contributed by atoms with van der Waals surface area (Å²) in [6, 6.07) is 0. The van der Waals surface area contributed by atoms with Crippen molar-refractivity contribution in [3.63, 3.8) is 0 Å². The normalized spacial score (nSPS) is 19.3. The minimum Gasteiger partial charge on any atom is -0.396 e. The van der Waals surface area contributed by atoms with Crippen LogP contribution in [0.2, 0.25) is 0 Å². The number of aliphatic hydroxyl groups excluding tert-OH is 1. The summed E-state index contributed by atoms with van der Waals surface area (Å²) in [5.41, 5.74) is 0.278. The number of rotatable bonds is 6. The predicted octanol–water partition coefficient (Wildman–Crippen LogP) is -0.0826. The second-order valence-electron chi connectivity index (χ2n) is 5.43. The first-order chi connectivity index (χ1) is 10.1. The van der Waals surface area contributed by atoms with Crippen LogP contribution < -0.4 is 10.2 Å². The first kappa shape index (κ1) is 15.7. The van der Waals surface area contributed by atoms with Gasteiger partial charge in [0.05, 0.1) is 12.4 Å². The van der Waals surface area contributed by atoms with Crippen LogP contribution in [-0.4, -0.2) is 61.4 Å². The number of amides is 1. The third-order valence-corrected chi connectivity index (χ3v) is 3.72. The van der Waals surface area contributed by atoms with Crippen LogP contribution in [0.25, 0.3) is 0 Å². The summed E-state index contributed by atoms with van der Waals surface area (Å²) in [7, 11) is 3.72. The van der Waals surface area contributed by atoms with E-state index in [0.29, 0.717) is 24.9 Å². The van der Waals surface area contributed by atoms with Gasteiger partial charge in [-0.1, -0.05) is 0 Å². The van der Waals surface area contributed by atoms with E-state index in [4.69, 9.17) is 4.74 Å². The lowest BCUT2D eigenvalue weighted by Gasteiger charge is -2.20. The third kappa shape index (κ3) is 4.12. The Morgan fingerprint density at radius 3 is 2.86 bits per heavy atom. The molecule has 7 nitrogen and oxygen atoms in total. The quantitative estimate of drug-likeness (QED) is 0.763. The molecule has 116 valence electrons. The summed E-state index contributed by atoms with van der Waals surface area (Å²) < 4.78 is 5.32. The Hall–Kier alpha value is -1.73. The van der Waals surface area contributed by atoms with E-state index in [1.54, 1.807) is 6.20 Å². The van der Waals surface area contributed by atoms with Crippen LogP contribution in [0.15, 0.2) is 12.4 Å². The molecule has 1 saturated heterocycles. The fourth-order valence-electron chi connectivity index (χ4n) is 2.29. The van der Waals surface area contributed by atoms with Gasteiger partial charge < -0.3 is 20.1 Å². The minimum atomic E-state index is -0.273. The molecule has 2 rings (SSSR count). The average Bonchev–Trinajstić information content (AvgIpc) is 3.02. The predicted molar refractivity (Wildman–Crippen MR) is 78.2 cm³/mol. The molecule has 1 aliphatic heterocycles. The maximum Gasteiger partial charge on any atom is 0.271 e. The molecule has 1 aromatic rings.